The number of nitrogens with zero attached hydrogens (tertiary/aromatic N) is 2. The number of primary amides is 1. The highest BCUT2D eigenvalue weighted by molar-refractivity contribution is 5.83. The van der Waals surface area contributed by atoms with E-state index in [4.69, 9.17) is 15.6 Å². The highest BCUT2D eigenvalue weighted by atomic mass is 16.5. The number of carbonyl (C=O) groups is 2. The van der Waals surface area contributed by atoms with Crippen LogP contribution in [0.3, 0.4) is 0 Å². The van der Waals surface area contributed by atoms with Gasteiger partial charge in [-0.2, -0.15) is 0 Å². The van der Waals surface area contributed by atoms with Crippen molar-refractivity contribution in [1.82, 2.24) is 9.88 Å². The molecule has 8 heteroatoms. The number of hydrogen-bond acceptors (Lipinski definition) is 5. The number of pyridine rings is 1. The third kappa shape index (κ3) is 8.08. The maximum Gasteiger partial charge on any atom is 0.409 e. The molecule has 1 aliphatic rings. The molecule has 1 fully saturated rings. The number of nitrogens with one attached hydrogen (secondary N) is 1. The molecule has 2 aromatic rings. The van der Waals surface area contributed by atoms with Gasteiger partial charge in [-0.3, -0.25) is 15.2 Å². The van der Waals surface area contributed by atoms with E-state index in [1.807, 2.05) is 13.0 Å². The Hall–Kier alpha value is -3.13. The van der Waals surface area contributed by atoms with Crippen molar-refractivity contribution in [3.63, 3.8) is 0 Å². The summed E-state index contributed by atoms with van der Waals surface area (Å²) < 4.78 is 4.96. The van der Waals surface area contributed by atoms with Gasteiger partial charge in [0, 0.05) is 25.2 Å². The van der Waals surface area contributed by atoms with Crippen molar-refractivity contribution in [1.29, 1.82) is 0 Å². The Labute approximate surface area is 177 Å². The van der Waals surface area contributed by atoms with Crippen molar-refractivity contribution in [2.24, 2.45) is 17.6 Å². The highest BCUT2D eigenvalue weighted by Crippen LogP contribution is 2.24. The number of carboxylic acid groups (broad SMARTS) is 1. The van der Waals surface area contributed by atoms with E-state index in [1.54, 1.807) is 12.3 Å². The molecule has 0 bridgehead atoms. The van der Waals surface area contributed by atoms with Gasteiger partial charge in [-0.1, -0.05) is 37.3 Å². The fourth-order valence-electron chi connectivity index (χ4n) is 3.33. The van der Waals surface area contributed by atoms with Crippen LogP contribution in [0.2, 0.25) is 0 Å². The molecule has 2 heterocycles. The first-order chi connectivity index (χ1) is 14.3. The minimum atomic E-state index is -1.07. The van der Waals surface area contributed by atoms with Crippen molar-refractivity contribution >= 4 is 17.9 Å². The van der Waals surface area contributed by atoms with Gasteiger partial charge in [0.05, 0.1) is 18.5 Å². The molecule has 0 aliphatic carbocycles. The van der Waals surface area contributed by atoms with E-state index in [1.165, 1.54) is 11.8 Å². The van der Waals surface area contributed by atoms with Crippen LogP contribution in [0, 0.1) is 18.8 Å². The number of rotatable bonds is 5. The summed E-state index contributed by atoms with van der Waals surface area (Å²) in [6, 6.07) is 12.2. The summed E-state index contributed by atoms with van der Waals surface area (Å²) in [5.74, 6) is 0.955. The number of likely N-dealkylation sites (tertiary alicyclic amines) is 1. The number of aryl methyl sites for hydroxylation is 1. The molecule has 1 aliphatic heterocycles. The van der Waals surface area contributed by atoms with E-state index < -0.39 is 12.2 Å². The van der Waals surface area contributed by atoms with Gasteiger partial charge in [0.15, 0.2) is 0 Å². The molecule has 2 atom stereocenters. The maximum atomic E-state index is 10.7. The summed E-state index contributed by atoms with van der Waals surface area (Å²) in [6.07, 6.45) is 2.49. The average molecular weight is 415 g/mol. The SMILES string of the molecule is CC1CCN(Cc2ccccc2)CC1COC(N)=O.Cc1ccncc1NC(=O)O. The third-order valence-corrected chi connectivity index (χ3v) is 5.17. The minimum Gasteiger partial charge on any atom is -0.465 e. The van der Waals surface area contributed by atoms with Crippen LogP contribution in [0.5, 0.6) is 0 Å². The van der Waals surface area contributed by atoms with Crippen LogP contribution in [0.15, 0.2) is 48.8 Å². The Morgan fingerprint density at radius 1 is 1.30 bits per heavy atom. The summed E-state index contributed by atoms with van der Waals surface area (Å²) in [4.78, 5) is 27.1. The number of benzene rings is 1. The third-order valence-electron chi connectivity index (χ3n) is 5.17. The van der Waals surface area contributed by atoms with E-state index in [2.05, 4.69) is 46.4 Å². The van der Waals surface area contributed by atoms with Crippen LogP contribution in [0.4, 0.5) is 15.3 Å². The van der Waals surface area contributed by atoms with Crippen molar-refractivity contribution in [2.75, 3.05) is 25.0 Å². The van der Waals surface area contributed by atoms with E-state index in [0.29, 0.717) is 24.1 Å². The predicted octanol–water partition coefficient (Wildman–Crippen LogP) is 3.72. The number of nitrogens with two attached hydrogens (primary N) is 1. The van der Waals surface area contributed by atoms with Gasteiger partial charge in [-0.05, 0) is 43.0 Å². The van der Waals surface area contributed by atoms with Crippen LogP contribution in [0.1, 0.15) is 24.5 Å². The minimum absolute atomic E-state index is 0.380. The maximum absolute atomic E-state index is 10.7. The molecule has 0 saturated carbocycles. The monoisotopic (exact) mass is 414 g/mol. The Balaban J connectivity index is 0.000000248. The van der Waals surface area contributed by atoms with Gasteiger partial charge in [0.1, 0.15) is 0 Å². The van der Waals surface area contributed by atoms with Gasteiger partial charge < -0.3 is 15.6 Å². The summed E-state index contributed by atoms with van der Waals surface area (Å²) in [5.41, 5.74) is 7.76. The Bertz CT molecular complexity index is 816. The number of anilines is 1. The van der Waals surface area contributed by atoms with Crippen LogP contribution in [-0.4, -0.2) is 46.9 Å². The molecule has 1 aromatic carbocycles. The molecule has 2 unspecified atom stereocenters. The lowest BCUT2D eigenvalue weighted by Gasteiger charge is -2.36. The summed E-state index contributed by atoms with van der Waals surface area (Å²) in [6.45, 7) is 7.48. The Morgan fingerprint density at radius 3 is 2.67 bits per heavy atom. The summed E-state index contributed by atoms with van der Waals surface area (Å²) in [5, 5.41) is 10.6. The molecule has 162 valence electrons. The predicted molar refractivity (Wildman–Crippen MR) is 115 cm³/mol. The van der Waals surface area contributed by atoms with E-state index >= 15 is 0 Å². The molecule has 4 N–H and O–H groups in total. The summed E-state index contributed by atoms with van der Waals surface area (Å²) in [7, 11) is 0. The summed E-state index contributed by atoms with van der Waals surface area (Å²) >= 11 is 0. The Morgan fingerprint density at radius 2 is 2.03 bits per heavy atom. The fourth-order valence-corrected chi connectivity index (χ4v) is 3.33. The molecule has 3 rings (SSSR count). The zero-order chi connectivity index (χ0) is 21.9. The van der Waals surface area contributed by atoms with Crippen molar-refractivity contribution < 1.29 is 19.4 Å². The van der Waals surface area contributed by atoms with Crippen molar-refractivity contribution in [3.8, 4) is 0 Å². The lowest BCUT2D eigenvalue weighted by Crippen LogP contribution is -2.41. The van der Waals surface area contributed by atoms with Gasteiger partial charge in [0.2, 0.25) is 0 Å². The lowest BCUT2D eigenvalue weighted by molar-refractivity contribution is 0.0620. The first-order valence-corrected chi connectivity index (χ1v) is 9.94. The van der Waals surface area contributed by atoms with Gasteiger partial charge in [-0.25, -0.2) is 9.59 Å². The molecular formula is C22H30N4O4. The fraction of sp³-hybridized carbons (Fsp3) is 0.409. The van der Waals surface area contributed by atoms with Crippen LogP contribution in [-0.2, 0) is 11.3 Å². The number of hydrogen-bond donors (Lipinski definition) is 3. The van der Waals surface area contributed by atoms with Gasteiger partial charge in [0.25, 0.3) is 0 Å². The number of ether oxygens (including phenoxy) is 1. The van der Waals surface area contributed by atoms with Crippen molar-refractivity contribution in [2.45, 2.75) is 26.8 Å². The molecular weight excluding hydrogens is 384 g/mol. The number of aromatic nitrogens is 1. The molecule has 1 aromatic heterocycles. The smallest absolute Gasteiger partial charge is 0.409 e. The second kappa shape index (κ2) is 11.8. The molecule has 0 radical (unpaired) electrons. The number of piperidine rings is 1. The quantitative estimate of drug-likeness (QED) is 0.686. The van der Waals surface area contributed by atoms with Crippen LogP contribution >= 0.6 is 0 Å². The first-order valence-electron chi connectivity index (χ1n) is 9.94. The van der Waals surface area contributed by atoms with Gasteiger partial charge in [-0.15, -0.1) is 0 Å². The van der Waals surface area contributed by atoms with E-state index in [9.17, 15) is 9.59 Å². The first kappa shape index (κ1) is 23.2. The van der Waals surface area contributed by atoms with Crippen LogP contribution < -0.4 is 11.1 Å². The van der Waals surface area contributed by atoms with Crippen molar-refractivity contribution in [3.05, 3.63) is 59.9 Å². The Kier molecular flexibility index (Phi) is 9.08. The molecule has 30 heavy (non-hydrogen) atoms. The highest BCUT2D eigenvalue weighted by Gasteiger charge is 2.27. The molecule has 0 spiro atoms. The topological polar surface area (TPSA) is 118 Å². The zero-order valence-corrected chi connectivity index (χ0v) is 17.5. The molecule has 1 saturated heterocycles. The largest absolute Gasteiger partial charge is 0.465 e. The molecule has 8 nitrogen and oxygen atoms in total. The standard InChI is InChI=1S/C15H22N2O2.C7H8N2O2/c1-12-7-8-17(9-13-5-3-2-4-6-13)10-14(12)11-19-15(16)18;1-5-2-3-8-4-6(5)9-7(10)11/h2-6,12,14H,7-11H2,1H3,(H2,16,18);2-4,9H,1H3,(H,10,11). The second-order valence-corrected chi connectivity index (χ2v) is 7.50. The zero-order valence-electron chi connectivity index (χ0n) is 17.5. The van der Waals surface area contributed by atoms with Gasteiger partial charge >= 0.3 is 12.2 Å². The second-order valence-electron chi connectivity index (χ2n) is 7.50. The molecule has 2 amide bonds. The van der Waals surface area contributed by atoms with E-state index in [0.717, 1.165) is 31.6 Å². The normalized spacial score (nSPS) is 18.6. The van der Waals surface area contributed by atoms with E-state index in [-0.39, 0.29) is 0 Å². The lowest BCUT2D eigenvalue weighted by atomic mass is 9.87. The number of amides is 2. The average Bonchev–Trinajstić information content (AvgIpc) is 2.71. The van der Waals surface area contributed by atoms with Crippen LogP contribution in [0.25, 0.3) is 0 Å². The number of carbonyl (C=O) groups excluding carboxylic acids is 1.